The SMILES string of the molecule is C.CC(C)C1CCN(C(C)C)CC1. The monoisotopic (exact) mass is 185 g/mol. The fourth-order valence-electron chi connectivity index (χ4n) is 2.10. The summed E-state index contributed by atoms with van der Waals surface area (Å²) in [6.07, 6.45) is 2.83. The predicted octanol–water partition coefficient (Wildman–Crippen LogP) is 3.40. The molecule has 0 aromatic carbocycles. The van der Waals surface area contributed by atoms with E-state index in [1.807, 2.05) is 0 Å². The van der Waals surface area contributed by atoms with Gasteiger partial charge in [-0.1, -0.05) is 21.3 Å². The Kier molecular flexibility index (Phi) is 5.62. The van der Waals surface area contributed by atoms with E-state index in [9.17, 15) is 0 Å². The van der Waals surface area contributed by atoms with Gasteiger partial charge in [0.25, 0.3) is 0 Å². The Labute approximate surface area is 84.5 Å². The first-order valence-electron chi connectivity index (χ1n) is 5.35. The van der Waals surface area contributed by atoms with Crippen LogP contribution in [0.25, 0.3) is 0 Å². The van der Waals surface area contributed by atoms with Gasteiger partial charge < -0.3 is 4.90 Å². The second kappa shape index (κ2) is 5.64. The Morgan fingerprint density at radius 3 is 1.77 bits per heavy atom. The van der Waals surface area contributed by atoms with E-state index in [2.05, 4.69) is 32.6 Å². The quantitative estimate of drug-likeness (QED) is 0.637. The molecule has 1 aliphatic rings. The van der Waals surface area contributed by atoms with Crippen LogP contribution < -0.4 is 0 Å². The molecule has 80 valence electrons. The average molecular weight is 185 g/mol. The molecule has 0 atom stereocenters. The molecule has 1 heteroatoms. The highest BCUT2D eigenvalue weighted by atomic mass is 15.1. The highest BCUT2D eigenvalue weighted by Gasteiger charge is 2.22. The van der Waals surface area contributed by atoms with E-state index in [1.165, 1.54) is 25.9 Å². The minimum atomic E-state index is 0. The zero-order chi connectivity index (χ0) is 9.14. The molecule has 0 saturated carbocycles. The first-order chi connectivity index (χ1) is 5.61. The van der Waals surface area contributed by atoms with Gasteiger partial charge in [0.1, 0.15) is 0 Å². The fraction of sp³-hybridized carbons (Fsp3) is 1.00. The highest BCUT2D eigenvalue weighted by molar-refractivity contribution is 4.75. The number of likely N-dealkylation sites (tertiary alicyclic amines) is 1. The number of rotatable bonds is 2. The zero-order valence-corrected chi connectivity index (χ0v) is 9.01. The number of hydrogen-bond donors (Lipinski definition) is 0. The van der Waals surface area contributed by atoms with E-state index < -0.39 is 0 Å². The van der Waals surface area contributed by atoms with Crippen molar-refractivity contribution in [3.8, 4) is 0 Å². The van der Waals surface area contributed by atoms with Crippen molar-refractivity contribution in [3.63, 3.8) is 0 Å². The van der Waals surface area contributed by atoms with E-state index in [0.717, 1.165) is 17.9 Å². The summed E-state index contributed by atoms with van der Waals surface area (Å²) in [5.74, 6) is 1.87. The maximum absolute atomic E-state index is 2.60. The van der Waals surface area contributed by atoms with Gasteiger partial charge in [-0.15, -0.1) is 0 Å². The van der Waals surface area contributed by atoms with Crippen LogP contribution in [0.3, 0.4) is 0 Å². The first-order valence-corrected chi connectivity index (χ1v) is 5.35. The number of piperidine rings is 1. The molecule has 0 aromatic rings. The van der Waals surface area contributed by atoms with Gasteiger partial charge in [0, 0.05) is 6.04 Å². The van der Waals surface area contributed by atoms with Gasteiger partial charge in [0.15, 0.2) is 0 Å². The minimum Gasteiger partial charge on any atom is -0.301 e. The van der Waals surface area contributed by atoms with Crippen LogP contribution >= 0.6 is 0 Å². The van der Waals surface area contributed by atoms with Crippen molar-refractivity contribution in [2.45, 2.75) is 54.0 Å². The molecule has 0 N–H and O–H groups in total. The standard InChI is InChI=1S/C11H23N.CH4/c1-9(2)11-5-7-12(8-6-11)10(3)4;/h9-11H,5-8H2,1-4H3;1H4. The summed E-state index contributed by atoms with van der Waals surface area (Å²) in [4.78, 5) is 2.60. The molecule has 0 unspecified atom stereocenters. The number of hydrogen-bond acceptors (Lipinski definition) is 1. The van der Waals surface area contributed by atoms with Crippen LogP contribution in [0.4, 0.5) is 0 Å². The summed E-state index contributed by atoms with van der Waals surface area (Å²) in [6, 6.07) is 0.748. The van der Waals surface area contributed by atoms with Crippen molar-refractivity contribution in [3.05, 3.63) is 0 Å². The summed E-state index contributed by atoms with van der Waals surface area (Å²) in [5.41, 5.74) is 0. The molecule has 1 heterocycles. The van der Waals surface area contributed by atoms with Gasteiger partial charge in [-0.25, -0.2) is 0 Å². The Balaban J connectivity index is 0.00000144. The van der Waals surface area contributed by atoms with Crippen molar-refractivity contribution in [1.29, 1.82) is 0 Å². The van der Waals surface area contributed by atoms with Crippen molar-refractivity contribution in [2.75, 3.05) is 13.1 Å². The van der Waals surface area contributed by atoms with Crippen LogP contribution in [-0.2, 0) is 0 Å². The molecule has 1 nitrogen and oxygen atoms in total. The average Bonchev–Trinajstić information content (AvgIpc) is 2.04. The maximum atomic E-state index is 2.60. The lowest BCUT2D eigenvalue weighted by Gasteiger charge is -2.36. The lowest BCUT2D eigenvalue weighted by Crippen LogP contribution is -2.39. The molecule has 0 radical (unpaired) electrons. The molecule has 1 saturated heterocycles. The molecule has 0 amide bonds. The normalized spacial score (nSPS) is 20.8. The molecule has 0 aromatic heterocycles. The molecule has 1 aliphatic heterocycles. The van der Waals surface area contributed by atoms with Crippen LogP contribution in [0.2, 0.25) is 0 Å². The molecule has 13 heavy (non-hydrogen) atoms. The van der Waals surface area contributed by atoms with Crippen molar-refractivity contribution < 1.29 is 0 Å². The number of nitrogens with zero attached hydrogens (tertiary/aromatic N) is 1. The molecule has 1 fully saturated rings. The molecule has 0 aliphatic carbocycles. The fourth-order valence-corrected chi connectivity index (χ4v) is 2.10. The third kappa shape index (κ3) is 3.68. The van der Waals surface area contributed by atoms with E-state index in [-0.39, 0.29) is 7.43 Å². The topological polar surface area (TPSA) is 3.24 Å². The van der Waals surface area contributed by atoms with Crippen LogP contribution in [0, 0.1) is 11.8 Å². The van der Waals surface area contributed by atoms with Crippen LogP contribution in [-0.4, -0.2) is 24.0 Å². The predicted molar refractivity (Wildman–Crippen MR) is 61.0 cm³/mol. The largest absolute Gasteiger partial charge is 0.301 e. The van der Waals surface area contributed by atoms with Gasteiger partial charge in [0.2, 0.25) is 0 Å². The van der Waals surface area contributed by atoms with E-state index in [0.29, 0.717) is 0 Å². The van der Waals surface area contributed by atoms with Crippen molar-refractivity contribution in [1.82, 2.24) is 4.90 Å². The molecular formula is C12H27N. The van der Waals surface area contributed by atoms with Gasteiger partial charge in [-0.05, 0) is 51.6 Å². The van der Waals surface area contributed by atoms with E-state index in [1.54, 1.807) is 0 Å². The summed E-state index contributed by atoms with van der Waals surface area (Å²) in [6.45, 7) is 12.0. The highest BCUT2D eigenvalue weighted by Crippen LogP contribution is 2.25. The Bertz CT molecular complexity index is 105. The third-order valence-corrected chi connectivity index (χ3v) is 3.25. The second-order valence-corrected chi connectivity index (χ2v) is 4.71. The first kappa shape index (κ1) is 13.0. The lowest BCUT2D eigenvalue weighted by molar-refractivity contribution is 0.129. The molecule has 0 spiro atoms. The Morgan fingerprint density at radius 1 is 1.00 bits per heavy atom. The minimum absolute atomic E-state index is 0. The Morgan fingerprint density at radius 2 is 1.46 bits per heavy atom. The van der Waals surface area contributed by atoms with Crippen LogP contribution in [0.1, 0.15) is 48.0 Å². The van der Waals surface area contributed by atoms with E-state index >= 15 is 0 Å². The summed E-state index contributed by atoms with van der Waals surface area (Å²) in [7, 11) is 0. The van der Waals surface area contributed by atoms with Crippen molar-refractivity contribution >= 4 is 0 Å². The zero-order valence-electron chi connectivity index (χ0n) is 9.01. The van der Waals surface area contributed by atoms with E-state index in [4.69, 9.17) is 0 Å². The second-order valence-electron chi connectivity index (χ2n) is 4.71. The molecule has 0 bridgehead atoms. The summed E-state index contributed by atoms with van der Waals surface area (Å²) in [5, 5.41) is 0. The third-order valence-electron chi connectivity index (χ3n) is 3.25. The summed E-state index contributed by atoms with van der Waals surface area (Å²) >= 11 is 0. The molecular weight excluding hydrogens is 158 g/mol. The smallest absolute Gasteiger partial charge is 0.00385 e. The van der Waals surface area contributed by atoms with Gasteiger partial charge in [0.05, 0.1) is 0 Å². The molecule has 1 rings (SSSR count). The van der Waals surface area contributed by atoms with Crippen LogP contribution in [0.5, 0.6) is 0 Å². The maximum Gasteiger partial charge on any atom is 0.00385 e. The van der Waals surface area contributed by atoms with Gasteiger partial charge in [-0.3, -0.25) is 0 Å². The van der Waals surface area contributed by atoms with Gasteiger partial charge in [-0.2, -0.15) is 0 Å². The summed E-state index contributed by atoms with van der Waals surface area (Å²) < 4.78 is 0. The Hall–Kier alpha value is -0.0400. The lowest BCUT2D eigenvalue weighted by atomic mass is 9.86. The van der Waals surface area contributed by atoms with Gasteiger partial charge >= 0.3 is 0 Å². The van der Waals surface area contributed by atoms with Crippen molar-refractivity contribution in [2.24, 2.45) is 11.8 Å². The van der Waals surface area contributed by atoms with Crippen LogP contribution in [0.15, 0.2) is 0 Å².